The van der Waals surface area contributed by atoms with Crippen molar-refractivity contribution in [3.05, 3.63) is 121 Å². The van der Waals surface area contributed by atoms with Crippen molar-refractivity contribution in [1.29, 1.82) is 0 Å². The number of hydrogen-bond acceptors (Lipinski definition) is 12. The summed E-state index contributed by atoms with van der Waals surface area (Å²) in [7, 11) is 4.10. The van der Waals surface area contributed by atoms with Gasteiger partial charge >= 0.3 is 0 Å². The highest BCUT2D eigenvalue weighted by Gasteiger charge is 2.35. The molecule has 0 radical (unpaired) electrons. The lowest BCUT2D eigenvalue weighted by Gasteiger charge is -2.44. The molecule has 1 aliphatic rings. The summed E-state index contributed by atoms with van der Waals surface area (Å²) in [5, 5.41) is 21.1. The first-order chi connectivity index (χ1) is 26.2. The molecule has 0 bridgehead atoms. The number of likely N-dealkylation sites (N-methyl/N-ethyl adjacent to an activating group) is 1. The smallest absolute Gasteiger partial charge is 0.292 e. The van der Waals surface area contributed by atoms with E-state index in [0.717, 1.165) is 17.8 Å². The van der Waals surface area contributed by atoms with Crippen molar-refractivity contribution in [1.82, 2.24) is 35.1 Å². The van der Waals surface area contributed by atoms with Gasteiger partial charge in [-0.15, -0.1) is 0 Å². The highest BCUT2D eigenvalue weighted by molar-refractivity contribution is 6.44. The summed E-state index contributed by atoms with van der Waals surface area (Å²) in [6.07, 6.45) is 3.88. The topological polar surface area (TPSA) is 246 Å². The summed E-state index contributed by atoms with van der Waals surface area (Å²) in [4.78, 5) is 84.6. The monoisotopic (exact) mass is 762 g/mol. The van der Waals surface area contributed by atoms with E-state index in [0.29, 0.717) is 25.2 Å². The zero-order chi connectivity index (χ0) is 40.4. The number of piperazine rings is 1. The molecule has 0 saturated carbocycles. The van der Waals surface area contributed by atoms with Gasteiger partial charge in [0.25, 0.3) is 34.4 Å². The lowest BCUT2D eigenvalue weighted by molar-refractivity contribution is -0.385. The van der Waals surface area contributed by atoms with Crippen LogP contribution in [0.4, 0.5) is 10.1 Å². The molecule has 1 saturated heterocycles. The number of halogens is 1. The normalized spacial score (nSPS) is 15.1. The van der Waals surface area contributed by atoms with E-state index in [1.54, 1.807) is 29.2 Å². The summed E-state index contributed by atoms with van der Waals surface area (Å²) in [6, 6.07) is 11.9. The van der Waals surface area contributed by atoms with Crippen molar-refractivity contribution in [2.45, 2.75) is 32.5 Å². The third kappa shape index (κ3) is 9.96. The number of aromatic amines is 3. The Morgan fingerprint density at radius 2 is 1.67 bits per heavy atom. The second-order valence-corrected chi connectivity index (χ2v) is 12.2. The number of rotatable bonds is 8. The average Bonchev–Trinajstić information content (AvgIpc) is 3.60. The zero-order valence-electron chi connectivity index (χ0n) is 30.4. The molecule has 18 nitrogen and oxygen atoms in total. The maximum absolute atomic E-state index is 13.6. The number of fused-ring (bicyclic) bond motifs is 1. The van der Waals surface area contributed by atoms with E-state index in [1.165, 1.54) is 51.9 Å². The SMILES string of the molecule is CNC(=O)C(=O)c1c[nH]c2cc(OC)c(C(=O)N3C[C@H](C)N(Cc4ccc(F)cc4)C[C@H]3C)nc12.COc1cc([N+](=O)[O-])c[nH]c1=O.O=c1[nH]cccc1O. The number of amides is 2. The largest absolute Gasteiger partial charge is 0.503 e. The summed E-state index contributed by atoms with van der Waals surface area (Å²) in [5.41, 5.74) is 0.745. The molecule has 4 aromatic heterocycles. The molecule has 2 atom stereocenters. The number of ether oxygens (including phenoxy) is 2. The van der Waals surface area contributed by atoms with Crippen LogP contribution >= 0.6 is 0 Å². The number of benzene rings is 1. The van der Waals surface area contributed by atoms with Gasteiger partial charge in [-0.2, -0.15) is 0 Å². The predicted octanol–water partition coefficient (Wildman–Crippen LogP) is 2.75. The predicted molar refractivity (Wildman–Crippen MR) is 197 cm³/mol. The zero-order valence-corrected chi connectivity index (χ0v) is 30.4. The van der Waals surface area contributed by atoms with Crippen LogP contribution in [0.25, 0.3) is 11.0 Å². The Kier molecular flexibility index (Phi) is 13.6. The minimum atomic E-state index is -0.767. The summed E-state index contributed by atoms with van der Waals surface area (Å²) >= 11 is 0. The molecule has 5 N–H and O–H groups in total. The van der Waals surface area contributed by atoms with Gasteiger partial charge in [0.05, 0.1) is 42.5 Å². The van der Waals surface area contributed by atoms with Gasteiger partial charge in [-0.25, -0.2) is 9.37 Å². The van der Waals surface area contributed by atoms with E-state index in [4.69, 9.17) is 9.84 Å². The highest BCUT2D eigenvalue weighted by Crippen LogP contribution is 2.28. The number of ketones is 1. The minimum absolute atomic E-state index is 0.0487. The van der Waals surface area contributed by atoms with Crippen LogP contribution in [-0.4, -0.2) is 104 Å². The summed E-state index contributed by atoms with van der Waals surface area (Å²) in [6.45, 7) is 5.73. The Balaban J connectivity index is 0.000000273. The number of Topliss-reactive ketones (excluding diaryl/α,β-unsaturated/α-hetero) is 1. The molecule has 5 heterocycles. The van der Waals surface area contributed by atoms with Crippen molar-refractivity contribution >= 4 is 34.3 Å². The quantitative estimate of drug-likeness (QED) is 0.0663. The molecule has 2 amide bonds. The number of hydrogen-bond donors (Lipinski definition) is 5. The van der Waals surface area contributed by atoms with Crippen molar-refractivity contribution < 1.29 is 38.3 Å². The minimum Gasteiger partial charge on any atom is -0.503 e. The number of aromatic hydroxyl groups is 1. The second kappa shape index (κ2) is 18.2. The molecule has 0 spiro atoms. The number of H-pyrrole nitrogens is 3. The van der Waals surface area contributed by atoms with Crippen molar-refractivity contribution in [3.8, 4) is 17.2 Å². The Morgan fingerprint density at radius 3 is 2.25 bits per heavy atom. The molecule has 1 aromatic carbocycles. The van der Waals surface area contributed by atoms with Crippen molar-refractivity contribution in [2.75, 3.05) is 34.4 Å². The number of methoxy groups -OCH3 is 2. The van der Waals surface area contributed by atoms with Gasteiger partial charge in [-0.1, -0.05) is 12.1 Å². The fraction of sp³-hybridized carbons (Fsp3) is 0.278. The van der Waals surface area contributed by atoms with Crippen molar-refractivity contribution in [3.63, 3.8) is 0 Å². The van der Waals surface area contributed by atoms with Gasteiger partial charge in [0.15, 0.2) is 22.9 Å². The molecule has 5 aromatic rings. The molecule has 19 heteroatoms. The molecular weight excluding hydrogens is 723 g/mol. The van der Waals surface area contributed by atoms with Gasteiger partial charge < -0.3 is 39.7 Å². The molecule has 290 valence electrons. The van der Waals surface area contributed by atoms with E-state index < -0.39 is 27.7 Å². The Labute approximate surface area is 312 Å². The van der Waals surface area contributed by atoms with Crippen LogP contribution in [0.2, 0.25) is 0 Å². The number of aromatic nitrogens is 4. The third-order valence-corrected chi connectivity index (χ3v) is 8.47. The highest BCUT2D eigenvalue weighted by atomic mass is 19.1. The number of carbonyl (C=O) groups excluding carboxylic acids is 3. The van der Waals surface area contributed by atoms with Gasteiger partial charge in [0.1, 0.15) is 11.3 Å². The molecular formula is C36H39FN8O10. The molecule has 6 rings (SSSR count). The van der Waals surface area contributed by atoms with Crippen LogP contribution in [-0.2, 0) is 11.3 Å². The van der Waals surface area contributed by atoms with Crippen LogP contribution in [0, 0.1) is 15.9 Å². The number of nitro groups is 1. The van der Waals surface area contributed by atoms with Gasteiger partial charge in [0.2, 0.25) is 0 Å². The van der Waals surface area contributed by atoms with Crippen LogP contribution in [0.5, 0.6) is 17.2 Å². The van der Waals surface area contributed by atoms with Crippen LogP contribution in [0.3, 0.4) is 0 Å². The van der Waals surface area contributed by atoms with E-state index in [1.807, 2.05) is 13.8 Å². The first-order valence-corrected chi connectivity index (χ1v) is 16.6. The molecule has 1 aliphatic heterocycles. The maximum atomic E-state index is 13.6. The standard InChI is InChI=1S/C25H28FN5O4.C6H6N2O4.C5H5NO2/c1-14-12-31(15(2)11-30(14)13-16-5-7-17(26)8-6-16)25(34)22-20(35-4)9-19-21(29-22)18(10-28-19)23(32)24(33)27-3;1-12-5-2-4(8(10)11)3-7-6(5)9;7-4-2-1-3-6-5(4)8/h5-10,14-15,28H,11-13H2,1-4H3,(H,27,33);2-3H,1H3,(H,7,9);1-3,7H,(H,6,8)/t14-,15+;;/m0../s1. The lowest BCUT2D eigenvalue weighted by Crippen LogP contribution is -2.57. The number of nitrogens with one attached hydrogen (secondary N) is 4. The summed E-state index contributed by atoms with van der Waals surface area (Å²) in [5.74, 6) is -2.13. The second-order valence-electron chi connectivity index (χ2n) is 12.2. The first kappa shape index (κ1) is 40.9. The molecule has 0 unspecified atom stereocenters. The lowest BCUT2D eigenvalue weighted by atomic mass is 10.1. The number of carbonyl (C=O) groups is 3. The first-order valence-electron chi connectivity index (χ1n) is 16.6. The fourth-order valence-electron chi connectivity index (χ4n) is 5.53. The Hall–Kier alpha value is -6.89. The van der Waals surface area contributed by atoms with Gasteiger partial charge in [-0.05, 0) is 43.7 Å². The number of pyridine rings is 3. The molecule has 55 heavy (non-hydrogen) atoms. The molecule has 0 aliphatic carbocycles. The van der Waals surface area contributed by atoms with Crippen LogP contribution in [0.15, 0.2) is 76.7 Å². The average molecular weight is 763 g/mol. The Bertz CT molecular complexity index is 2290. The van der Waals surface area contributed by atoms with E-state index in [9.17, 15) is 38.5 Å². The number of nitrogens with zero attached hydrogens (tertiary/aromatic N) is 4. The van der Waals surface area contributed by atoms with Crippen molar-refractivity contribution in [2.24, 2.45) is 0 Å². The van der Waals surface area contributed by atoms with E-state index in [2.05, 4.69) is 34.9 Å². The van der Waals surface area contributed by atoms with Crippen LogP contribution < -0.4 is 25.9 Å². The summed E-state index contributed by atoms with van der Waals surface area (Å²) < 4.78 is 23.3. The Morgan fingerprint density at radius 1 is 0.982 bits per heavy atom. The van der Waals surface area contributed by atoms with Gasteiger partial charge in [-0.3, -0.25) is 39.0 Å². The fourth-order valence-corrected chi connectivity index (χ4v) is 5.53. The third-order valence-electron chi connectivity index (χ3n) is 8.47. The molecule has 1 fully saturated rings. The maximum Gasteiger partial charge on any atom is 0.292 e. The van der Waals surface area contributed by atoms with Crippen LogP contribution in [0.1, 0.15) is 40.3 Å². The van der Waals surface area contributed by atoms with E-state index >= 15 is 0 Å². The van der Waals surface area contributed by atoms with E-state index in [-0.39, 0.29) is 63.5 Å². The van der Waals surface area contributed by atoms with Gasteiger partial charge in [0, 0.05) is 57.2 Å².